The molecule has 1 N–H and O–H groups in total. The van der Waals surface area contributed by atoms with Gasteiger partial charge in [-0.05, 0) is 53.9 Å². The van der Waals surface area contributed by atoms with Crippen LogP contribution in [0.3, 0.4) is 0 Å². The summed E-state index contributed by atoms with van der Waals surface area (Å²) in [5.41, 5.74) is 3.77. The molecule has 0 spiro atoms. The number of fused-ring (bicyclic) bond motifs is 1. The molecule has 3 aromatic carbocycles. The number of halogens is 1. The molecule has 0 aliphatic rings. The predicted molar refractivity (Wildman–Crippen MR) is 127 cm³/mol. The monoisotopic (exact) mass is 480 g/mol. The molecule has 1 aromatic heterocycles. The molecule has 4 aromatic rings. The Labute approximate surface area is 188 Å². The summed E-state index contributed by atoms with van der Waals surface area (Å²) in [6, 6.07) is 21.6. The lowest BCUT2D eigenvalue weighted by Gasteiger charge is -2.12. The van der Waals surface area contributed by atoms with Crippen molar-refractivity contribution in [2.75, 3.05) is 11.9 Å². The molecule has 6 heteroatoms. The minimum absolute atomic E-state index is 0.0592. The van der Waals surface area contributed by atoms with Crippen molar-refractivity contribution in [3.8, 4) is 16.3 Å². The molecule has 0 aliphatic carbocycles. The molecular weight excluding hydrogens is 460 g/mol. The highest BCUT2D eigenvalue weighted by atomic mass is 79.9. The van der Waals surface area contributed by atoms with Crippen molar-refractivity contribution in [2.45, 2.75) is 19.8 Å². The van der Waals surface area contributed by atoms with Crippen molar-refractivity contribution >= 4 is 49.1 Å². The van der Waals surface area contributed by atoms with Crippen LogP contribution in [0.15, 0.2) is 71.2 Å². The highest BCUT2D eigenvalue weighted by molar-refractivity contribution is 9.10. The van der Waals surface area contributed by atoms with Crippen LogP contribution in [0, 0.1) is 0 Å². The van der Waals surface area contributed by atoms with Crippen LogP contribution in [0.1, 0.15) is 25.3 Å². The summed E-state index contributed by atoms with van der Waals surface area (Å²) in [6.45, 7) is 4.23. The fourth-order valence-electron chi connectivity index (χ4n) is 3.07. The van der Waals surface area contributed by atoms with Gasteiger partial charge in [-0.25, -0.2) is 4.98 Å². The van der Waals surface area contributed by atoms with E-state index in [0.717, 1.165) is 25.3 Å². The number of benzene rings is 3. The standard InChI is InChI=1S/C24H21BrN2O2S/c1-15(2)16-7-10-18(11-8-16)29-14-23(28)26-20-12-9-17(25)13-19(20)24-27-21-5-3-4-6-22(21)30-24/h3-13,15H,14H2,1-2H3,(H,26,28). The zero-order chi connectivity index (χ0) is 21.1. The zero-order valence-corrected chi connectivity index (χ0v) is 19.1. The molecule has 0 fully saturated rings. The number of anilines is 1. The molecule has 152 valence electrons. The van der Waals surface area contributed by atoms with E-state index in [1.807, 2.05) is 66.7 Å². The van der Waals surface area contributed by atoms with E-state index < -0.39 is 0 Å². The molecule has 1 heterocycles. The number of carbonyl (C=O) groups is 1. The fraction of sp³-hybridized carbons (Fsp3) is 0.167. The van der Waals surface area contributed by atoms with Gasteiger partial charge >= 0.3 is 0 Å². The smallest absolute Gasteiger partial charge is 0.262 e. The first-order chi connectivity index (χ1) is 14.5. The Balaban J connectivity index is 1.49. The largest absolute Gasteiger partial charge is 0.484 e. The second-order valence-electron chi connectivity index (χ2n) is 7.24. The number of rotatable bonds is 6. The number of nitrogens with one attached hydrogen (secondary N) is 1. The first-order valence-electron chi connectivity index (χ1n) is 9.68. The molecule has 4 rings (SSSR count). The first kappa shape index (κ1) is 20.6. The minimum atomic E-state index is -0.215. The highest BCUT2D eigenvalue weighted by Gasteiger charge is 2.14. The van der Waals surface area contributed by atoms with Gasteiger partial charge in [0.1, 0.15) is 10.8 Å². The lowest BCUT2D eigenvalue weighted by molar-refractivity contribution is -0.118. The Hall–Kier alpha value is -2.70. The van der Waals surface area contributed by atoms with Crippen LogP contribution in [0.2, 0.25) is 0 Å². The van der Waals surface area contributed by atoms with E-state index in [-0.39, 0.29) is 12.5 Å². The number of para-hydroxylation sites is 1. The molecule has 0 aliphatic heterocycles. The number of hydrogen-bond donors (Lipinski definition) is 1. The molecule has 0 saturated heterocycles. The lowest BCUT2D eigenvalue weighted by Crippen LogP contribution is -2.20. The predicted octanol–water partition coefficient (Wildman–Crippen LogP) is 6.87. The first-order valence-corrected chi connectivity index (χ1v) is 11.3. The van der Waals surface area contributed by atoms with Gasteiger partial charge in [0.05, 0.1) is 15.9 Å². The van der Waals surface area contributed by atoms with Gasteiger partial charge in [0.15, 0.2) is 6.61 Å². The van der Waals surface area contributed by atoms with E-state index in [1.54, 1.807) is 11.3 Å². The average molecular weight is 481 g/mol. The van der Waals surface area contributed by atoms with Crippen molar-refractivity contribution in [1.29, 1.82) is 0 Å². The molecular formula is C24H21BrN2O2S. The van der Waals surface area contributed by atoms with Crippen LogP contribution >= 0.6 is 27.3 Å². The Kier molecular flexibility index (Phi) is 6.16. The summed E-state index contributed by atoms with van der Waals surface area (Å²) in [4.78, 5) is 17.3. The van der Waals surface area contributed by atoms with Crippen LogP contribution in [-0.4, -0.2) is 17.5 Å². The van der Waals surface area contributed by atoms with Crippen LogP contribution < -0.4 is 10.1 Å². The summed E-state index contributed by atoms with van der Waals surface area (Å²) in [6.07, 6.45) is 0. The van der Waals surface area contributed by atoms with Gasteiger partial charge in [-0.15, -0.1) is 11.3 Å². The zero-order valence-electron chi connectivity index (χ0n) is 16.7. The average Bonchev–Trinajstić information content (AvgIpc) is 3.18. The van der Waals surface area contributed by atoms with Gasteiger partial charge in [0.25, 0.3) is 5.91 Å². The Morgan fingerprint density at radius 1 is 1.10 bits per heavy atom. The second kappa shape index (κ2) is 8.98. The summed E-state index contributed by atoms with van der Waals surface area (Å²) in [7, 11) is 0. The van der Waals surface area contributed by atoms with Gasteiger partial charge in [0, 0.05) is 10.0 Å². The Bertz CT molecular complexity index is 1150. The second-order valence-corrected chi connectivity index (χ2v) is 9.18. The third kappa shape index (κ3) is 4.71. The van der Waals surface area contributed by atoms with Crippen molar-refractivity contribution < 1.29 is 9.53 Å². The number of carbonyl (C=O) groups excluding carboxylic acids is 1. The van der Waals surface area contributed by atoms with Crippen molar-refractivity contribution in [1.82, 2.24) is 4.98 Å². The van der Waals surface area contributed by atoms with Crippen LogP contribution in [0.25, 0.3) is 20.8 Å². The third-order valence-electron chi connectivity index (χ3n) is 4.70. The summed E-state index contributed by atoms with van der Waals surface area (Å²) >= 11 is 5.12. The number of aromatic nitrogens is 1. The number of thiazole rings is 1. The van der Waals surface area contributed by atoms with Gasteiger partial charge < -0.3 is 10.1 Å². The van der Waals surface area contributed by atoms with Gasteiger partial charge in [-0.1, -0.05) is 54.0 Å². The normalized spacial score (nSPS) is 11.1. The van der Waals surface area contributed by atoms with Gasteiger partial charge in [-0.2, -0.15) is 0 Å². The Morgan fingerprint density at radius 3 is 2.60 bits per heavy atom. The SMILES string of the molecule is CC(C)c1ccc(OCC(=O)Nc2ccc(Br)cc2-c2nc3ccccc3s2)cc1. The lowest BCUT2D eigenvalue weighted by atomic mass is 10.0. The highest BCUT2D eigenvalue weighted by Crippen LogP contribution is 2.36. The number of amides is 1. The van der Waals surface area contributed by atoms with Crippen LogP contribution in [0.4, 0.5) is 5.69 Å². The molecule has 1 amide bonds. The van der Waals surface area contributed by atoms with Crippen molar-refractivity contribution in [3.05, 3.63) is 76.8 Å². The van der Waals surface area contributed by atoms with Crippen LogP contribution in [-0.2, 0) is 4.79 Å². The molecule has 30 heavy (non-hydrogen) atoms. The maximum absolute atomic E-state index is 12.5. The third-order valence-corrected chi connectivity index (χ3v) is 6.26. The molecule has 0 saturated carbocycles. The molecule has 0 unspecified atom stereocenters. The van der Waals surface area contributed by atoms with Crippen LogP contribution in [0.5, 0.6) is 5.75 Å². The summed E-state index contributed by atoms with van der Waals surface area (Å²) in [5.74, 6) is 0.921. The van der Waals surface area contributed by atoms with E-state index in [0.29, 0.717) is 17.4 Å². The van der Waals surface area contributed by atoms with E-state index in [9.17, 15) is 4.79 Å². The molecule has 0 bridgehead atoms. The van der Waals surface area contributed by atoms with E-state index in [2.05, 4.69) is 35.1 Å². The number of ether oxygens (including phenoxy) is 1. The number of hydrogen-bond acceptors (Lipinski definition) is 4. The minimum Gasteiger partial charge on any atom is -0.484 e. The molecule has 0 radical (unpaired) electrons. The van der Waals surface area contributed by atoms with E-state index in [4.69, 9.17) is 9.72 Å². The van der Waals surface area contributed by atoms with E-state index >= 15 is 0 Å². The quantitative estimate of drug-likeness (QED) is 0.327. The van der Waals surface area contributed by atoms with Crippen molar-refractivity contribution in [3.63, 3.8) is 0 Å². The Morgan fingerprint density at radius 2 is 1.87 bits per heavy atom. The summed E-state index contributed by atoms with van der Waals surface area (Å²) < 4.78 is 7.69. The summed E-state index contributed by atoms with van der Waals surface area (Å²) in [5, 5.41) is 3.82. The topological polar surface area (TPSA) is 51.2 Å². The molecule has 4 nitrogen and oxygen atoms in total. The maximum atomic E-state index is 12.5. The van der Waals surface area contributed by atoms with Gasteiger partial charge in [-0.3, -0.25) is 4.79 Å². The van der Waals surface area contributed by atoms with E-state index in [1.165, 1.54) is 5.56 Å². The fourth-order valence-corrected chi connectivity index (χ4v) is 4.43. The van der Waals surface area contributed by atoms with Gasteiger partial charge in [0.2, 0.25) is 0 Å². The van der Waals surface area contributed by atoms with Crippen molar-refractivity contribution in [2.24, 2.45) is 0 Å². The molecule has 0 atom stereocenters. The number of nitrogens with zero attached hydrogens (tertiary/aromatic N) is 1. The maximum Gasteiger partial charge on any atom is 0.262 e.